The van der Waals surface area contributed by atoms with Gasteiger partial charge in [0.05, 0.1) is 50.3 Å². The van der Waals surface area contributed by atoms with E-state index in [-0.39, 0.29) is 16.6 Å². The third kappa shape index (κ3) is 7.20. The van der Waals surface area contributed by atoms with Gasteiger partial charge in [-0.05, 0) is 51.8 Å². The lowest BCUT2D eigenvalue weighted by molar-refractivity contribution is 0.446. The number of aromatic hydroxyl groups is 1. The van der Waals surface area contributed by atoms with Crippen LogP contribution in [-0.4, -0.2) is 45.2 Å². The first-order valence-electron chi connectivity index (χ1n) is 21.6. The molecule has 0 aliphatic rings. The van der Waals surface area contributed by atoms with Gasteiger partial charge >= 0.3 is 0 Å². The molecule has 0 fully saturated rings. The number of para-hydroxylation sites is 1. The molecule has 0 bridgehead atoms. The van der Waals surface area contributed by atoms with Crippen molar-refractivity contribution in [1.29, 1.82) is 0 Å². The van der Waals surface area contributed by atoms with E-state index < -0.39 is 16.1 Å². The van der Waals surface area contributed by atoms with Crippen molar-refractivity contribution >= 4 is 54.4 Å². The van der Waals surface area contributed by atoms with E-state index >= 15 is 0 Å². The predicted octanol–water partition coefficient (Wildman–Crippen LogP) is 12.9. The highest BCUT2D eigenvalue weighted by atomic mass is 28.3. The van der Waals surface area contributed by atoms with E-state index in [1.165, 1.54) is 10.4 Å². The SMILES string of the molecule is CC(C)(C)c1cc(-c2nc3c(-c4cc(-c5nccc6oc7cncn7c56)cc([Si](C)(C)C)c4)cccc3n2-c2ccc([Si](C)(C)C)cc2-c2ccccc2)c(O)c(C(C)(C)C)c1. The van der Waals surface area contributed by atoms with Gasteiger partial charge < -0.3 is 9.52 Å². The van der Waals surface area contributed by atoms with Gasteiger partial charge in [-0.3, -0.25) is 14.0 Å². The van der Waals surface area contributed by atoms with E-state index in [0.717, 1.165) is 78.0 Å². The van der Waals surface area contributed by atoms with Gasteiger partial charge in [-0.1, -0.05) is 164 Å². The van der Waals surface area contributed by atoms with Crippen LogP contribution in [0.15, 0.2) is 126 Å². The molecule has 4 heterocycles. The Hall–Kier alpha value is -6.04. The number of oxazole rings is 1. The number of nitrogens with zero attached hydrogens (tertiary/aromatic N) is 5. The number of hydrogen-bond donors (Lipinski definition) is 1. The van der Waals surface area contributed by atoms with Gasteiger partial charge in [-0.15, -0.1) is 0 Å². The molecule has 0 saturated carbocycles. The van der Waals surface area contributed by atoms with Crippen LogP contribution < -0.4 is 10.4 Å². The van der Waals surface area contributed by atoms with Crippen molar-refractivity contribution < 1.29 is 9.52 Å². The third-order valence-corrected chi connectivity index (χ3v) is 16.3. The number of pyridine rings is 1. The Kier molecular flexibility index (Phi) is 9.68. The van der Waals surface area contributed by atoms with Crippen LogP contribution in [0.5, 0.6) is 5.75 Å². The molecule has 9 heteroatoms. The Morgan fingerprint density at radius 3 is 2.06 bits per heavy atom. The van der Waals surface area contributed by atoms with Crippen LogP contribution in [-0.2, 0) is 10.8 Å². The minimum Gasteiger partial charge on any atom is -0.507 e. The summed E-state index contributed by atoms with van der Waals surface area (Å²) in [4.78, 5) is 15.1. The summed E-state index contributed by atoms with van der Waals surface area (Å²) < 4.78 is 10.5. The molecule has 314 valence electrons. The first-order valence-corrected chi connectivity index (χ1v) is 28.6. The van der Waals surface area contributed by atoms with Crippen molar-refractivity contribution in [1.82, 2.24) is 23.9 Å². The zero-order chi connectivity index (χ0) is 44.1. The van der Waals surface area contributed by atoms with E-state index in [2.05, 4.69) is 187 Å². The van der Waals surface area contributed by atoms with Gasteiger partial charge in [-0.2, -0.15) is 0 Å². The summed E-state index contributed by atoms with van der Waals surface area (Å²) in [6.45, 7) is 27.6. The van der Waals surface area contributed by atoms with Crippen LogP contribution in [0.2, 0.25) is 39.3 Å². The van der Waals surface area contributed by atoms with Crippen molar-refractivity contribution in [2.75, 3.05) is 0 Å². The van der Waals surface area contributed by atoms with E-state index in [0.29, 0.717) is 11.5 Å². The number of imidazole rings is 2. The molecule has 9 aromatic rings. The van der Waals surface area contributed by atoms with Gasteiger partial charge in [0, 0.05) is 34.5 Å². The maximum absolute atomic E-state index is 12.5. The Morgan fingerprint density at radius 1 is 0.645 bits per heavy atom. The van der Waals surface area contributed by atoms with Crippen molar-refractivity contribution in [3.05, 3.63) is 133 Å². The Labute approximate surface area is 367 Å². The van der Waals surface area contributed by atoms with Crippen LogP contribution in [0.25, 0.3) is 78.4 Å². The highest BCUT2D eigenvalue weighted by Crippen LogP contribution is 2.45. The lowest BCUT2D eigenvalue weighted by atomic mass is 9.79. The number of benzene rings is 5. The molecule has 0 atom stereocenters. The number of rotatable bonds is 7. The molecule has 4 aromatic heterocycles. The second kappa shape index (κ2) is 14.5. The number of phenolic OH excluding ortho intramolecular Hbond substituents is 1. The Balaban J connectivity index is 1.40. The van der Waals surface area contributed by atoms with E-state index in [1.54, 1.807) is 12.5 Å². The molecule has 0 radical (unpaired) electrons. The maximum Gasteiger partial charge on any atom is 0.224 e. The molecule has 0 aliphatic carbocycles. The first-order chi connectivity index (χ1) is 29.2. The summed E-state index contributed by atoms with van der Waals surface area (Å²) in [5, 5.41) is 15.2. The number of hydrogen-bond acceptors (Lipinski definition) is 5. The second-order valence-electron chi connectivity index (χ2n) is 21.0. The first kappa shape index (κ1) is 41.3. The average Bonchev–Trinajstić information content (AvgIpc) is 3.93. The van der Waals surface area contributed by atoms with Crippen molar-refractivity contribution in [3.8, 4) is 56.3 Å². The molecule has 0 aliphatic heterocycles. The second-order valence-corrected chi connectivity index (χ2v) is 31.1. The van der Waals surface area contributed by atoms with Gasteiger partial charge in [0.1, 0.15) is 23.4 Å². The van der Waals surface area contributed by atoms with Crippen molar-refractivity contribution in [2.24, 2.45) is 0 Å². The van der Waals surface area contributed by atoms with E-state index in [9.17, 15) is 5.11 Å². The summed E-state index contributed by atoms with van der Waals surface area (Å²) in [7, 11) is -3.59. The number of fused-ring (bicyclic) bond motifs is 4. The molecule has 1 N–H and O–H groups in total. The Morgan fingerprint density at radius 2 is 1.37 bits per heavy atom. The monoisotopic (exact) mass is 851 g/mol. The molecule has 0 amide bonds. The molecule has 7 nitrogen and oxygen atoms in total. The Bertz CT molecular complexity index is 3180. The van der Waals surface area contributed by atoms with Crippen LogP contribution in [0, 0.1) is 0 Å². The molecule has 0 spiro atoms. The normalized spacial score (nSPS) is 12.9. The van der Waals surface area contributed by atoms with Crippen molar-refractivity contribution in [2.45, 2.75) is 91.7 Å². The molecular weight excluding hydrogens is 795 g/mol. The molecule has 0 saturated heterocycles. The summed E-state index contributed by atoms with van der Waals surface area (Å²) in [5.41, 5.74) is 13.6. The van der Waals surface area contributed by atoms with Crippen LogP contribution in [0.1, 0.15) is 52.7 Å². The summed E-state index contributed by atoms with van der Waals surface area (Å²) in [6, 6.07) is 37.4. The minimum absolute atomic E-state index is 0.180. The topological polar surface area (TPSA) is 81.4 Å². The standard InChI is InChI=1S/C53H57N5O2Si2/c1-52(2,3)36-28-41(50(59)42(29-36)53(4,5)6)51-56-48-39(19-16-20-44(48)58(51)43-22-21-37(61(7,8)9)30-40(43)33-17-14-13-15-18-33)34-25-35(27-38(26-34)62(10,11)12)47-49-45(23-24-55-47)60-46-31-54-32-57(46)49/h13-32,59H,1-12H3. The lowest BCUT2D eigenvalue weighted by Crippen LogP contribution is -2.37. The quantitative estimate of drug-likeness (QED) is 0.162. The van der Waals surface area contributed by atoms with Crippen LogP contribution >= 0.6 is 0 Å². The minimum atomic E-state index is -1.88. The summed E-state index contributed by atoms with van der Waals surface area (Å²) in [6.07, 6.45) is 5.36. The zero-order valence-corrected chi connectivity index (χ0v) is 40.1. The predicted molar refractivity (Wildman–Crippen MR) is 264 cm³/mol. The summed E-state index contributed by atoms with van der Waals surface area (Å²) >= 11 is 0. The van der Waals surface area contributed by atoms with E-state index in [4.69, 9.17) is 14.4 Å². The fourth-order valence-electron chi connectivity index (χ4n) is 8.57. The zero-order valence-electron chi connectivity index (χ0n) is 38.1. The van der Waals surface area contributed by atoms with Crippen molar-refractivity contribution in [3.63, 3.8) is 0 Å². The summed E-state index contributed by atoms with van der Waals surface area (Å²) in [5.74, 6) is 0.963. The number of aromatic nitrogens is 5. The highest BCUT2D eigenvalue weighted by Gasteiger charge is 2.30. The van der Waals surface area contributed by atoms with Crippen LogP contribution in [0.4, 0.5) is 0 Å². The molecule has 0 unspecified atom stereocenters. The van der Waals surface area contributed by atoms with Gasteiger partial charge in [0.15, 0.2) is 5.58 Å². The molecule has 62 heavy (non-hydrogen) atoms. The largest absolute Gasteiger partial charge is 0.507 e. The molecule has 9 rings (SSSR count). The third-order valence-electron chi connectivity index (χ3n) is 12.2. The van der Waals surface area contributed by atoms with Gasteiger partial charge in [-0.25, -0.2) is 9.97 Å². The number of phenols is 1. The molecular formula is C53H57N5O2Si2. The lowest BCUT2D eigenvalue weighted by Gasteiger charge is -2.28. The highest BCUT2D eigenvalue weighted by molar-refractivity contribution is 6.89. The van der Waals surface area contributed by atoms with Crippen LogP contribution in [0.3, 0.4) is 0 Å². The van der Waals surface area contributed by atoms with Gasteiger partial charge in [0.2, 0.25) is 5.71 Å². The fraction of sp³-hybridized carbons (Fsp3) is 0.264. The fourth-order valence-corrected chi connectivity index (χ4v) is 10.9. The molecule has 5 aromatic carbocycles. The van der Waals surface area contributed by atoms with E-state index in [1.807, 2.05) is 16.7 Å². The smallest absolute Gasteiger partial charge is 0.224 e. The maximum atomic E-state index is 12.5. The van der Waals surface area contributed by atoms with Gasteiger partial charge in [0.25, 0.3) is 0 Å². The average molecular weight is 852 g/mol.